The van der Waals surface area contributed by atoms with E-state index in [-0.39, 0.29) is 6.04 Å². The zero-order valence-corrected chi connectivity index (χ0v) is 15.2. The number of morpholine rings is 1. The van der Waals surface area contributed by atoms with Gasteiger partial charge in [-0.15, -0.1) is 0 Å². The smallest absolute Gasteiger partial charge is 0.137 e. The number of anilines is 1. The van der Waals surface area contributed by atoms with E-state index in [2.05, 4.69) is 32.3 Å². The molecule has 0 spiro atoms. The second-order valence-corrected chi connectivity index (χ2v) is 6.77. The van der Waals surface area contributed by atoms with Crippen molar-refractivity contribution in [3.63, 3.8) is 0 Å². The van der Waals surface area contributed by atoms with Crippen LogP contribution in [-0.2, 0) is 4.74 Å². The van der Waals surface area contributed by atoms with E-state index in [4.69, 9.17) is 16.3 Å². The first-order valence-corrected chi connectivity index (χ1v) is 9.20. The lowest BCUT2D eigenvalue weighted by atomic mass is 10.0. The quantitative estimate of drug-likeness (QED) is 0.743. The molecule has 0 amide bonds. The molecule has 6 heteroatoms. The Morgan fingerprint density at radius 1 is 1.04 bits per heavy atom. The average Bonchev–Trinajstić information content (AvgIpc) is 2.70. The molecule has 0 saturated carbocycles. The SMILES string of the molecule is Clc1ccc(C(CNc2ncnc3ccccc23)N2CCOCC2)cc1. The van der Waals surface area contributed by atoms with E-state index < -0.39 is 0 Å². The maximum absolute atomic E-state index is 6.07. The van der Waals surface area contributed by atoms with Crippen LogP contribution in [0.1, 0.15) is 11.6 Å². The first-order chi connectivity index (χ1) is 12.8. The van der Waals surface area contributed by atoms with Gasteiger partial charge in [-0.3, -0.25) is 4.90 Å². The molecular weight excluding hydrogens is 348 g/mol. The zero-order chi connectivity index (χ0) is 17.8. The van der Waals surface area contributed by atoms with Crippen molar-refractivity contribution in [3.05, 3.63) is 65.4 Å². The minimum Gasteiger partial charge on any atom is -0.379 e. The van der Waals surface area contributed by atoms with E-state index in [0.717, 1.165) is 54.6 Å². The van der Waals surface area contributed by atoms with E-state index in [1.165, 1.54) is 5.56 Å². The van der Waals surface area contributed by atoms with Crippen LogP contribution in [0.4, 0.5) is 5.82 Å². The summed E-state index contributed by atoms with van der Waals surface area (Å²) in [5.41, 5.74) is 2.18. The standard InChI is InChI=1S/C20H21ClN4O/c21-16-7-5-15(6-8-16)19(25-9-11-26-12-10-25)13-22-20-17-3-1-2-4-18(17)23-14-24-20/h1-8,14,19H,9-13H2,(H,22,23,24). The van der Waals surface area contributed by atoms with Gasteiger partial charge in [0, 0.05) is 30.0 Å². The summed E-state index contributed by atoms with van der Waals surface area (Å²) >= 11 is 6.07. The van der Waals surface area contributed by atoms with Gasteiger partial charge in [-0.25, -0.2) is 9.97 Å². The second kappa shape index (κ2) is 7.99. The molecule has 26 heavy (non-hydrogen) atoms. The Bertz CT molecular complexity index is 860. The zero-order valence-electron chi connectivity index (χ0n) is 14.4. The highest BCUT2D eigenvalue weighted by Crippen LogP contribution is 2.25. The fourth-order valence-corrected chi connectivity index (χ4v) is 3.50. The highest BCUT2D eigenvalue weighted by Gasteiger charge is 2.23. The number of nitrogens with one attached hydrogen (secondary N) is 1. The van der Waals surface area contributed by atoms with Gasteiger partial charge in [0.15, 0.2) is 0 Å². The van der Waals surface area contributed by atoms with Gasteiger partial charge in [0.05, 0.1) is 24.8 Å². The molecule has 1 aromatic heterocycles. The van der Waals surface area contributed by atoms with Gasteiger partial charge in [-0.05, 0) is 29.8 Å². The van der Waals surface area contributed by atoms with Crippen LogP contribution in [0.3, 0.4) is 0 Å². The second-order valence-electron chi connectivity index (χ2n) is 6.34. The number of fused-ring (bicyclic) bond motifs is 1. The summed E-state index contributed by atoms with van der Waals surface area (Å²) in [5, 5.41) is 5.32. The van der Waals surface area contributed by atoms with Crippen LogP contribution in [0.15, 0.2) is 54.9 Å². The normalized spacial score (nSPS) is 16.5. The van der Waals surface area contributed by atoms with Crippen LogP contribution < -0.4 is 5.32 Å². The van der Waals surface area contributed by atoms with E-state index in [0.29, 0.717) is 0 Å². The Hall–Kier alpha value is -2.21. The molecule has 1 unspecified atom stereocenters. The molecule has 1 aliphatic heterocycles. The first kappa shape index (κ1) is 17.2. The third-order valence-corrected chi connectivity index (χ3v) is 5.00. The predicted molar refractivity (Wildman–Crippen MR) is 105 cm³/mol. The minimum atomic E-state index is 0.227. The number of para-hydroxylation sites is 1. The highest BCUT2D eigenvalue weighted by molar-refractivity contribution is 6.30. The Labute approximate surface area is 158 Å². The van der Waals surface area contributed by atoms with Crippen molar-refractivity contribution >= 4 is 28.3 Å². The number of halogens is 1. The number of benzene rings is 2. The molecule has 0 aliphatic carbocycles. The van der Waals surface area contributed by atoms with Crippen LogP contribution in [0, 0.1) is 0 Å². The van der Waals surface area contributed by atoms with Gasteiger partial charge in [0.2, 0.25) is 0 Å². The van der Waals surface area contributed by atoms with Crippen molar-refractivity contribution in [1.29, 1.82) is 0 Å². The van der Waals surface area contributed by atoms with Crippen LogP contribution in [-0.4, -0.2) is 47.7 Å². The summed E-state index contributed by atoms with van der Waals surface area (Å²) in [6.07, 6.45) is 1.61. The van der Waals surface area contributed by atoms with Crippen molar-refractivity contribution in [3.8, 4) is 0 Å². The van der Waals surface area contributed by atoms with Gasteiger partial charge >= 0.3 is 0 Å². The Kier molecular flexibility index (Phi) is 5.29. The Balaban J connectivity index is 1.58. The monoisotopic (exact) mass is 368 g/mol. The summed E-state index contributed by atoms with van der Waals surface area (Å²) in [7, 11) is 0. The number of aromatic nitrogens is 2. The Morgan fingerprint density at radius 3 is 2.62 bits per heavy atom. The third kappa shape index (κ3) is 3.80. The lowest BCUT2D eigenvalue weighted by Crippen LogP contribution is -2.41. The van der Waals surface area contributed by atoms with Crippen molar-refractivity contribution in [1.82, 2.24) is 14.9 Å². The van der Waals surface area contributed by atoms with Crippen molar-refractivity contribution < 1.29 is 4.74 Å². The number of hydrogen-bond acceptors (Lipinski definition) is 5. The summed E-state index contributed by atoms with van der Waals surface area (Å²) in [6.45, 7) is 4.11. The van der Waals surface area contributed by atoms with Crippen LogP contribution in [0.25, 0.3) is 10.9 Å². The molecule has 2 heterocycles. The molecule has 1 N–H and O–H groups in total. The predicted octanol–water partition coefficient (Wildman–Crippen LogP) is 3.77. The van der Waals surface area contributed by atoms with E-state index in [1.54, 1.807) is 6.33 Å². The van der Waals surface area contributed by atoms with Gasteiger partial charge in [0.1, 0.15) is 12.1 Å². The molecule has 1 aliphatic rings. The van der Waals surface area contributed by atoms with Crippen LogP contribution >= 0.6 is 11.6 Å². The molecule has 5 nitrogen and oxygen atoms in total. The van der Waals surface area contributed by atoms with Crippen molar-refractivity contribution in [2.24, 2.45) is 0 Å². The molecule has 1 fully saturated rings. The lowest BCUT2D eigenvalue weighted by Gasteiger charge is -2.35. The molecule has 2 aromatic carbocycles. The number of nitrogens with zero attached hydrogens (tertiary/aromatic N) is 3. The number of hydrogen-bond donors (Lipinski definition) is 1. The maximum Gasteiger partial charge on any atom is 0.137 e. The average molecular weight is 369 g/mol. The topological polar surface area (TPSA) is 50.3 Å². The summed E-state index contributed by atoms with van der Waals surface area (Å²) in [6, 6.07) is 16.4. The minimum absolute atomic E-state index is 0.227. The fourth-order valence-electron chi connectivity index (χ4n) is 3.37. The summed E-state index contributed by atoms with van der Waals surface area (Å²) < 4.78 is 5.52. The molecule has 1 saturated heterocycles. The molecule has 134 valence electrons. The summed E-state index contributed by atoms with van der Waals surface area (Å²) in [5.74, 6) is 0.864. The van der Waals surface area contributed by atoms with Gasteiger partial charge in [-0.2, -0.15) is 0 Å². The van der Waals surface area contributed by atoms with Crippen LogP contribution in [0.2, 0.25) is 5.02 Å². The Morgan fingerprint density at radius 2 is 1.81 bits per heavy atom. The molecule has 4 rings (SSSR count). The van der Waals surface area contributed by atoms with E-state index in [9.17, 15) is 0 Å². The summed E-state index contributed by atoms with van der Waals surface area (Å²) in [4.78, 5) is 11.2. The molecule has 0 bridgehead atoms. The number of rotatable bonds is 5. The lowest BCUT2D eigenvalue weighted by molar-refractivity contribution is 0.0187. The largest absolute Gasteiger partial charge is 0.379 e. The van der Waals surface area contributed by atoms with Crippen molar-refractivity contribution in [2.45, 2.75) is 6.04 Å². The maximum atomic E-state index is 6.07. The fraction of sp³-hybridized carbons (Fsp3) is 0.300. The molecular formula is C20H21ClN4O. The van der Waals surface area contributed by atoms with E-state index in [1.807, 2.05) is 36.4 Å². The molecule has 3 aromatic rings. The van der Waals surface area contributed by atoms with E-state index >= 15 is 0 Å². The molecule has 1 atom stereocenters. The first-order valence-electron chi connectivity index (χ1n) is 8.82. The highest BCUT2D eigenvalue weighted by atomic mass is 35.5. The van der Waals surface area contributed by atoms with Gasteiger partial charge in [-0.1, -0.05) is 35.9 Å². The van der Waals surface area contributed by atoms with Crippen LogP contribution in [0.5, 0.6) is 0 Å². The van der Waals surface area contributed by atoms with Gasteiger partial charge in [0.25, 0.3) is 0 Å². The number of ether oxygens (including phenoxy) is 1. The van der Waals surface area contributed by atoms with Crippen molar-refractivity contribution in [2.75, 3.05) is 38.2 Å². The molecule has 0 radical (unpaired) electrons. The van der Waals surface area contributed by atoms with Gasteiger partial charge < -0.3 is 10.1 Å². The third-order valence-electron chi connectivity index (χ3n) is 4.75.